The van der Waals surface area contributed by atoms with Crippen LogP contribution in [0.15, 0.2) is 40.2 Å². The second-order valence-electron chi connectivity index (χ2n) is 8.52. The number of hydrogen-bond donors (Lipinski definition) is 2. The van der Waals surface area contributed by atoms with Crippen molar-refractivity contribution in [2.24, 2.45) is 14.1 Å². The zero-order valence-electron chi connectivity index (χ0n) is 18.6. The van der Waals surface area contributed by atoms with Crippen LogP contribution in [0.4, 0.5) is 11.4 Å². The first kappa shape index (κ1) is 21.9. The molecule has 0 bridgehead atoms. The summed E-state index contributed by atoms with van der Waals surface area (Å²) in [5, 5.41) is 6.50. The van der Waals surface area contributed by atoms with Gasteiger partial charge in [0.25, 0.3) is 5.56 Å². The van der Waals surface area contributed by atoms with Crippen LogP contribution in [0, 0.1) is 0 Å². The van der Waals surface area contributed by atoms with Crippen molar-refractivity contribution < 1.29 is 4.79 Å². The van der Waals surface area contributed by atoms with Crippen LogP contribution in [0.5, 0.6) is 0 Å². The molecule has 0 aliphatic heterocycles. The van der Waals surface area contributed by atoms with Crippen LogP contribution in [-0.4, -0.2) is 30.6 Å². The molecule has 32 heavy (non-hydrogen) atoms. The molecule has 1 aliphatic rings. The summed E-state index contributed by atoms with van der Waals surface area (Å²) in [6.07, 6.45) is 8.73. The summed E-state index contributed by atoms with van der Waals surface area (Å²) in [5.74, 6) is -0.0808. The Kier molecular flexibility index (Phi) is 6.43. The van der Waals surface area contributed by atoms with Crippen molar-refractivity contribution in [2.45, 2.75) is 57.5 Å². The van der Waals surface area contributed by atoms with Crippen LogP contribution in [0.3, 0.4) is 0 Å². The zero-order valence-corrected chi connectivity index (χ0v) is 18.6. The Morgan fingerprint density at radius 1 is 1.03 bits per heavy atom. The highest BCUT2D eigenvalue weighted by Gasteiger charge is 2.15. The van der Waals surface area contributed by atoms with Gasteiger partial charge in [0.15, 0.2) is 11.2 Å². The number of carbonyl (C=O) groups is 1. The maximum absolute atomic E-state index is 12.5. The van der Waals surface area contributed by atoms with E-state index in [1.54, 1.807) is 17.9 Å². The molecule has 0 saturated heterocycles. The first-order valence-electron chi connectivity index (χ1n) is 11.2. The number of anilines is 2. The number of benzene rings is 1. The smallest absolute Gasteiger partial charge is 0.332 e. The molecule has 170 valence electrons. The van der Waals surface area contributed by atoms with E-state index in [1.165, 1.54) is 43.7 Å². The molecule has 0 unspecified atom stereocenters. The lowest BCUT2D eigenvalue weighted by molar-refractivity contribution is -0.116. The van der Waals surface area contributed by atoms with Gasteiger partial charge in [-0.2, -0.15) is 0 Å². The van der Waals surface area contributed by atoms with Gasteiger partial charge in [0, 0.05) is 44.5 Å². The fraction of sp³-hybridized carbons (Fsp3) is 0.478. The molecule has 9 heteroatoms. The van der Waals surface area contributed by atoms with Crippen LogP contribution in [0.25, 0.3) is 11.2 Å². The number of aryl methyl sites for hydroxylation is 2. The summed E-state index contributed by atoms with van der Waals surface area (Å²) in [4.78, 5) is 41.1. The number of nitrogens with one attached hydrogen (secondary N) is 2. The molecule has 1 aliphatic carbocycles. The van der Waals surface area contributed by atoms with Crippen LogP contribution in [0.1, 0.15) is 44.9 Å². The molecule has 4 rings (SSSR count). The van der Waals surface area contributed by atoms with E-state index in [4.69, 9.17) is 0 Å². The van der Waals surface area contributed by atoms with E-state index in [1.807, 2.05) is 24.3 Å². The van der Waals surface area contributed by atoms with Crippen molar-refractivity contribution >= 4 is 28.4 Å². The van der Waals surface area contributed by atoms with Crippen molar-refractivity contribution in [3.63, 3.8) is 0 Å². The van der Waals surface area contributed by atoms with Gasteiger partial charge in [-0.15, -0.1) is 0 Å². The third-order valence-corrected chi connectivity index (χ3v) is 6.16. The largest absolute Gasteiger partial charge is 0.382 e. The van der Waals surface area contributed by atoms with Crippen molar-refractivity contribution in [1.29, 1.82) is 0 Å². The van der Waals surface area contributed by atoms with Crippen molar-refractivity contribution in [3.05, 3.63) is 51.4 Å². The average molecular weight is 439 g/mol. The number of fused-ring (bicyclic) bond motifs is 1. The molecule has 0 radical (unpaired) electrons. The summed E-state index contributed by atoms with van der Waals surface area (Å²) in [5.41, 5.74) is 1.78. The highest BCUT2D eigenvalue weighted by atomic mass is 16.2. The Labute approximate surface area is 186 Å². The number of aromatic nitrogens is 4. The highest BCUT2D eigenvalue weighted by molar-refractivity contribution is 5.90. The molecule has 1 fully saturated rings. The number of nitrogens with zero attached hydrogens (tertiary/aromatic N) is 4. The number of rotatable bonds is 7. The molecule has 2 aromatic heterocycles. The Morgan fingerprint density at radius 3 is 2.44 bits per heavy atom. The van der Waals surface area contributed by atoms with E-state index in [2.05, 4.69) is 15.6 Å². The number of carbonyl (C=O) groups excluding carboxylic acids is 1. The maximum atomic E-state index is 12.5. The predicted octanol–water partition coefficient (Wildman–Crippen LogP) is 2.60. The molecule has 0 spiro atoms. The fourth-order valence-corrected chi connectivity index (χ4v) is 4.33. The monoisotopic (exact) mass is 438 g/mol. The highest BCUT2D eigenvalue weighted by Crippen LogP contribution is 2.22. The topological polar surface area (TPSA) is 103 Å². The molecule has 1 amide bonds. The Bertz CT molecular complexity index is 1220. The second kappa shape index (κ2) is 9.42. The lowest BCUT2D eigenvalue weighted by Crippen LogP contribution is -2.37. The Morgan fingerprint density at radius 2 is 1.72 bits per heavy atom. The van der Waals surface area contributed by atoms with Gasteiger partial charge >= 0.3 is 5.69 Å². The van der Waals surface area contributed by atoms with Crippen LogP contribution < -0.4 is 21.9 Å². The lowest BCUT2D eigenvalue weighted by atomic mass is 9.95. The van der Waals surface area contributed by atoms with Gasteiger partial charge < -0.3 is 15.2 Å². The SMILES string of the molecule is Cn1c(=O)c2c(ncn2CCCC(=O)Nc2ccc(NC3CCCCC3)cc2)n(C)c1=O. The van der Waals surface area contributed by atoms with Gasteiger partial charge in [-0.1, -0.05) is 19.3 Å². The number of imidazole rings is 1. The molecule has 2 heterocycles. The minimum absolute atomic E-state index is 0.0808. The van der Waals surface area contributed by atoms with Gasteiger partial charge in [-0.25, -0.2) is 9.78 Å². The van der Waals surface area contributed by atoms with Crippen molar-refractivity contribution in [1.82, 2.24) is 18.7 Å². The van der Waals surface area contributed by atoms with E-state index in [0.717, 1.165) is 15.9 Å². The van der Waals surface area contributed by atoms with Crippen molar-refractivity contribution in [3.8, 4) is 0 Å². The first-order chi connectivity index (χ1) is 15.4. The zero-order chi connectivity index (χ0) is 22.7. The second-order valence-corrected chi connectivity index (χ2v) is 8.52. The molecule has 1 aromatic carbocycles. The third-order valence-electron chi connectivity index (χ3n) is 6.16. The van der Waals surface area contributed by atoms with E-state index >= 15 is 0 Å². The summed E-state index contributed by atoms with van der Waals surface area (Å²) in [6.45, 7) is 0.460. The van der Waals surface area contributed by atoms with Gasteiger partial charge in [0.05, 0.1) is 6.33 Å². The summed E-state index contributed by atoms with van der Waals surface area (Å²) in [6, 6.07) is 8.37. The van der Waals surface area contributed by atoms with Crippen molar-refractivity contribution in [2.75, 3.05) is 10.6 Å². The normalized spacial score (nSPS) is 14.6. The van der Waals surface area contributed by atoms with Crippen LogP contribution in [0.2, 0.25) is 0 Å². The van der Waals surface area contributed by atoms with E-state index < -0.39 is 5.69 Å². The average Bonchev–Trinajstić information content (AvgIpc) is 3.22. The first-order valence-corrected chi connectivity index (χ1v) is 11.2. The number of amides is 1. The molecule has 1 saturated carbocycles. The molecule has 0 atom stereocenters. The van der Waals surface area contributed by atoms with Gasteiger partial charge in [0.2, 0.25) is 5.91 Å². The minimum Gasteiger partial charge on any atom is -0.382 e. The quantitative estimate of drug-likeness (QED) is 0.590. The third kappa shape index (κ3) is 4.61. The van der Waals surface area contributed by atoms with Gasteiger partial charge in [0.1, 0.15) is 0 Å². The van der Waals surface area contributed by atoms with Gasteiger partial charge in [-0.3, -0.25) is 18.7 Å². The van der Waals surface area contributed by atoms with E-state index in [-0.39, 0.29) is 11.5 Å². The Balaban J connectivity index is 1.31. The van der Waals surface area contributed by atoms with E-state index in [0.29, 0.717) is 36.6 Å². The van der Waals surface area contributed by atoms with Crippen LogP contribution in [-0.2, 0) is 25.4 Å². The minimum atomic E-state index is -0.410. The molecular weight excluding hydrogens is 408 g/mol. The standard InChI is InChI=1S/C23H30N6O3/c1-27-21-20(22(31)28(2)23(27)32)29(15-24-21)14-6-9-19(30)26-18-12-10-17(11-13-18)25-16-7-4-3-5-8-16/h10-13,15-16,25H,3-9,14H2,1-2H3,(H,26,30). The molecule has 2 N–H and O–H groups in total. The maximum Gasteiger partial charge on any atom is 0.332 e. The van der Waals surface area contributed by atoms with Crippen LogP contribution >= 0.6 is 0 Å². The molecular formula is C23H30N6O3. The summed E-state index contributed by atoms with van der Waals surface area (Å²) >= 11 is 0. The Hall–Kier alpha value is -3.36. The molecule has 9 nitrogen and oxygen atoms in total. The van der Waals surface area contributed by atoms with E-state index in [9.17, 15) is 14.4 Å². The predicted molar refractivity (Wildman–Crippen MR) is 125 cm³/mol. The number of hydrogen-bond acceptors (Lipinski definition) is 5. The molecule has 3 aromatic rings. The summed E-state index contributed by atoms with van der Waals surface area (Å²) < 4.78 is 4.13. The summed E-state index contributed by atoms with van der Waals surface area (Å²) in [7, 11) is 3.04. The van der Waals surface area contributed by atoms with Gasteiger partial charge in [-0.05, 0) is 43.5 Å². The fourth-order valence-electron chi connectivity index (χ4n) is 4.33. The lowest BCUT2D eigenvalue weighted by Gasteiger charge is -2.23.